The van der Waals surface area contributed by atoms with Crippen LogP contribution in [0.4, 0.5) is 0 Å². The van der Waals surface area contributed by atoms with Crippen LogP contribution in [0.1, 0.15) is 26.3 Å². The molecule has 1 nitrogen and oxygen atoms in total. The zero-order valence-electron chi connectivity index (χ0n) is 9.33. The van der Waals surface area contributed by atoms with Gasteiger partial charge in [0.15, 0.2) is 0 Å². The Balaban J connectivity index is 2.69. The van der Waals surface area contributed by atoms with E-state index in [0.717, 1.165) is 5.94 Å². The zero-order valence-corrected chi connectivity index (χ0v) is 10.1. The second kappa shape index (κ2) is 4.85. The van der Waals surface area contributed by atoms with Crippen LogP contribution in [0.25, 0.3) is 0 Å². The molecule has 1 aromatic carbocycles. The summed E-state index contributed by atoms with van der Waals surface area (Å²) in [6, 6.07) is 8.70. The minimum atomic E-state index is 0.241. The predicted octanol–water partition coefficient (Wildman–Crippen LogP) is 3.68. The molecule has 1 rings (SSSR count). The maximum atomic E-state index is 5.01. The van der Waals surface area contributed by atoms with Gasteiger partial charge in [-0.1, -0.05) is 44.7 Å². The molecule has 14 heavy (non-hydrogen) atoms. The maximum absolute atomic E-state index is 5.01. The summed E-state index contributed by atoms with van der Waals surface area (Å²) in [6.07, 6.45) is 0. The highest BCUT2D eigenvalue weighted by Gasteiger charge is 2.12. The van der Waals surface area contributed by atoms with Crippen LogP contribution in [-0.2, 0) is 10.2 Å². The fourth-order valence-electron chi connectivity index (χ4n) is 1.18. The van der Waals surface area contributed by atoms with Gasteiger partial charge in [0.2, 0.25) is 0 Å². The van der Waals surface area contributed by atoms with Crippen molar-refractivity contribution in [1.82, 2.24) is 0 Å². The highest BCUT2D eigenvalue weighted by atomic mass is 32.2. The largest absolute Gasteiger partial charge is 0.374 e. The van der Waals surface area contributed by atoms with Gasteiger partial charge in [0, 0.05) is 12.0 Å². The summed E-state index contributed by atoms with van der Waals surface area (Å²) < 4.78 is 5.01. The summed E-state index contributed by atoms with van der Waals surface area (Å²) in [7, 11) is 1.72. The lowest BCUT2D eigenvalue weighted by atomic mass is 9.87. The molecule has 0 fully saturated rings. The average Bonchev–Trinajstić information content (AvgIpc) is 2.14. The molecule has 0 bridgehead atoms. The number of thioether (sulfide) groups is 1. The summed E-state index contributed by atoms with van der Waals surface area (Å²) in [5, 5.41) is 0. The van der Waals surface area contributed by atoms with Crippen LogP contribution >= 0.6 is 11.8 Å². The van der Waals surface area contributed by atoms with E-state index in [9.17, 15) is 0 Å². The van der Waals surface area contributed by atoms with Crippen molar-refractivity contribution >= 4 is 11.8 Å². The van der Waals surface area contributed by atoms with Crippen molar-refractivity contribution in [2.24, 2.45) is 0 Å². The molecule has 0 unspecified atom stereocenters. The van der Waals surface area contributed by atoms with E-state index in [0.29, 0.717) is 0 Å². The first kappa shape index (κ1) is 11.6. The van der Waals surface area contributed by atoms with Gasteiger partial charge in [-0.2, -0.15) is 0 Å². The monoisotopic (exact) mass is 210 g/mol. The molecule has 1 aromatic rings. The molecule has 0 amide bonds. The van der Waals surface area contributed by atoms with Gasteiger partial charge in [0.1, 0.15) is 0 Å². The van der Waals surface area contributed by atoms with Crippen molar-refractivity contribution in [3.63, 3.8) is 0 Å². The first-order chi connectivity index (χ1) is 6.54. The molecular weight excluding hydrogens is 192 g/mol. The van der Waals surface area contributed by atoms with E-state index in [2.05, 4.69) is 45.0 Å². The molecule has 0 aromatic heterocycles. The van der Waals surface area contributed by atoms with Gasteiger partial charge in [0.05, 0.1) is 5.94 Å². The number of rotatable bonds is 3. The molecule has 0 aliphatic heterocycles. The van der Waals surface area contributed by atoms with E-state index in [4.69, 9.17) is 4.74 Å². The van der Waals surface area contributed by atoms with E-state index < -0.39 is 0 Å². The third-order valence-electron chi connectivity index (χ3n) is 2.06. The van der Waals surface area contributed by atoms with E-state index in [1.54, 1.807) is 18.9 Å². The summed E-state index contributed by atoms with van der Waals surface area (Å²) in [4.78, 5) is 1.26. The van der Waals surface area contributed by atoms with Crippen LogP contribution in [0, 0.1) is 0 Å². The lowest BCUT2D eigenvalue weighted by Gasteiger charge is -2.18. The van der Waals surface area contributed by atoms with Gasteiger partial charge in [-0.3, -0.25) is 0 Å². The second-order valence-corrected chi connectivity index (χ2v) is 5.32. The van der Waals surface area contributed by atoms with Crippen molar-refractivity contribution in [3.05, 3.63) is 29.8 Å². The molecule has 0 saturated carbocycles. The number of hydrogen-bond acceptors (Lipinski definition) is 2. The fraction of sp³-hybridized carbons (Fsp3) is 0.500. The average molecular weight is 210 g/mol. The minimum Gasteiger partial charge on any atom is -0.374 e. The van der Waals surface area contributed by atoms with Crippen LogP contribution in [0.5, 0.6) is 0 Å². The number of benzene rings is 1. The molecule has 0 aliphatic rings. The van der Waals surface area contributed by atoms with Crippen molar-refractivity contribution < 1.29 is 4.74 Å². The molecule has 0 N–H and O–H groups in total. The van der Waals surface area contributed by atoms with Gasteiger partial charge in [-0.15, -0.1) is 0 Å². The summed E-state index contributed by atoms with van der Waals surface area (Å²) in [5.41, 5.74) is 1.61. The normalized spacial score (nSPS) is 11.7. The lowest BCUT2D eigenvalue weighted by molar-refractivity contribution is 0.259. The Morgan fingerprint density at radius 3 is 2.14 bits per heavy atom. The Hall–Kier alpha value is -0.470. The zero-order chi connectivity index (χ0) is 10.6. The van der Waals surface area contributed by atoms with Crippen molar-refractivity contribution in [2.75, 3.05) is 13.0 Å². The first-order valence-electron chi connectivity index (χ1n) is 4.76. The lowest BCUT2D eigenvalue weighted by Crippen LogP contribution is -2.10. The second-order valence-electron chi connectivity index (χ2n) is 4.33. The van der Waals surface area contributed by atoms with Crippen LogP contribution in [0.3, 0.4) is 0 Å². The van der Waals surface area contributed by atoms with Crippen molar-refractivity contribution in [1.29, 1.82) is 0 Å². The molecular formula is C12H18OS. The van der Waals surface area contributed by atoms with E-state index in [1.165, 1.54) is 10.5 Å². The third kappa shape index (κ3) is 3.35. The SMILES string of the molecule is COCSc1ccc(C(C)(C)C)cc1. The quantitative estimate of drug-likeness (QED) is 0.556. The van der Waals surface area contributed by atoms with Crippen LogP contribution < -0.4 is 0 Å². The Labute approximate surface area is 90.9 Å². The molecule has 0 heterocycles. The van der Waals surface area contributed by atoms with Crippen LogP contribution in [0.15, 0.2) is 29.2 Å². The Kier molecular flexibility index (Phi) is 4.02. The van der Waals surface area contributed by atoms with E-state index in [-0.39, 0.29) is 5.41 Å². The van der Waals surface area contributed by atoms with E-state index >= 15 is 0 Å². The van der Waals surface area contributed by atoms with Gasteiger partial charge in [-0.25, -0.2) is 0 Å². The first-order valence-corrected chi connectivity index (χ1v) is 5.75. The highest BCUT2D eigenvalue weighted by molar-refractivity contribution is 7.99. The summed E-state index contributed by atoms with van der Waals surface area (Å²) in [5.74, 6) is 0.717. The smallest absolute Gasteiger partial charge is 0.0963 e. The predicted molar refractivity (Wildman–Crippen MR) is 62.9 cm³/mol. The van der Waals surface area contributed by atoms with Crippen LogP contribution in [0.2, 0.25) is 0 Å². The van der Waals surface area contributed by atoms with Gasteiger partial charge < -0.3 is 4.74 Å². The maximum Gasteiger partial charge on any atom is 0.0963 e. The number of hydrogen-bond donors (Lipinski definition) is 0. The molecule has 0 saturated heterocycles. The standard InChI is InChI=1S/C12H18OS/c1-12(2,3)10-5-7-11(8-6-10)14-9-13-4/h5-8H,9H2,1-4H3. The summed E-state index contributed by atoms with van der Waals surface area (Å²) in [6.45, 7) is 6.68. The molecule has 0 radical (unpaired) electrons. The van der Waals surface area contributed by atoms with Crippen LogP contribution in [-0.4, -0.2) is 13.0 Å². The van der Waals surface area contributed by atoms with E-state index in [1.807, 2.05) is 0 Å². The van der Waals surface area contributed by atoms with Gasteiger partial charge in [0.25, 0.3) is 0 Å². The minimum absolute atomic E-state index is 0.241. The Morgan fingerprint density at radius 1 is 1.14 bits per heavy atom. The Bertz CT molecular complexity index is 271. The Morgan fingerprint density at radius 2 is 1.71 bits per heavy atom. The molecule has 0 atom stereocenters. The topological polar surface area (TPSA) is 9.23 Å². The van der Waals surface area contributed by atoms with Crippen molar-refractivity contribution in [2.45, 2.75) is 31.1 Å². The third-order valence-corrected chi connectivity index (χ3v) is 3.02. The highest BCUT2D eigenvalue weighted by Crippen LogP contribution is 2.25. The number of methoxy groups -OCH3 is 1. The molecule has 0 aliphatic carbocycles. The fourth-order valence-corrected chi connectivity index (χ4v) is 1.76. The van der Waals surface area contributed by atoms with Gasteiger partial charge >= 0.3 is 0 Å². The summed E-state index contributed by atoms with van der Waals surface area (Å²) >= 11 is 1.72. The molecule has 2 heteroatoms. The van der Waals surface area contributed by atoms with Crippen molar-refractivity contribution in [3.8, 4) is 0 Å². The van der Waals surface area contributed by atoms with Gasteiger partial charge in [-0.05, 0) is 23.1 Å². The molecule has 0 spiro atoms. The number of ether oxygens (including phenoxy) is 1. The molecule has 78 valence electrons.